The smallest absolute Gasteiger partial charge is 0.145 e. The maximum absolute atomic E-state index is 9.44. The Bertz CT molecular complexity index is 698. The third kappa shape index (κ3) is 3.39. The van der Waals surface area contributed by atoms with E-state index in [1.54, 1.807) is 13.3 Å². The van der Waals surface area contributed by atoms with Crippen LogP contribution in [0, 0.1) is 17.2 Å². The van der Waals surface area contributed by atoms with Crippen molar-refractivity contribution >= 4 is 16.6 Å². The zero-order valence-electron chi connectivity index (χ0n) is 14.5. The average molecular weight is 311 g/mol. The minimum absolute atomic E-state index is 0.644. The molecule has 0 saturated carbocycles. The molecule has 0 amide bonds. The van der Waals surface area contributed by atoms with E-state index in [4.69, 9.17) is 4.74 Å². The molecular weight excluding hydrogens is 286 g/mol. The van der Waals surface area contributed by atoms with Crippen molar-refractivity contribution in [3.63, 3.8) is 0 Å². The second kappa shape index (κ2) is 7.82. The quantitative estimate of drug-likeness (QED) is 0.826. The molecule has 1 aliphatic rings. The van der Waals surface area contributed by atoms with Crippen LogP contribution in [-0.2, 0) is 0 Å². The molecule has 0 unspecified atom stereocenters. The molecule has 0 aliphatic carbocycles. The number of methoxy groups -OCH3 is 1. The van der Waals surface area contributed by atoms with E-state index in [0.29, 0.717) is 5.56 Å². The molecule has 2 heterocycles. The van der Waals surface area contributed by atoms with Crippen LogP contribution in [0.1, 0.15) is 39.2 Å². The standard InChI is InChI=1S/C17H19N3O.C2H6/c1-12-6-8-20(9-7-12)17-13(10-18)11-19-16-14(17)4-3-5-15(16)21-2;1-2/h3-5,11-12H,6-9H2,1-2H3;1-2H3. The maximum atomic E-state index is 9.44. The Morgan fingerprint density at radius 1 is 1.26 bits per heavy atom. The molecule has 3 rings (SSSR count). The monoisotopic (exact) mass is 311 g/mol. The highest BCUT2D eigenvalue weighted by atomic mass is 16.5. The van der Waals surface area contributed by atoms with Gasteiger partial charge in [0.25, 0.3) is 0 Å². The van der Waals surface area contributed by atoms with Crippen molar-refractivity contribution in [3.8, 4) is 11.8 Å². The molecule has 1 aromatic carbocycles. The molecule has 0 bridgehead atoms. The van der Waals surface area contributed by atoms with Crippen molar-refractivity contribution in [2.24, 2.45) is 5.92 Å². The maximum Gasteiger partial charge on any atom is 0.145 e. The van der Waals surface area contributed by atoms with Gasteiger partial charge in [0.2, 0.25) is 0 Å². The van der Waals surface area contributed by atoms with Gasteiger partial charge in [-0.2, -0.15) is 5.26 Å². The van der Waals surface area contributed by atoms with E-state index < -0.39 is 0 Å². The van der Waals surface area contributed by atoms with Gasteiger partial charge in [-0.1, -0.05) is 32.9 Å². The van der Waals surface area contributed by atoms with Crippen LogP contribution in [0.5, 0.6) is 5.75 Å². The summed E-state index contributed by atoms with van der Waals surface area (Å²) in [6.45, 7) is 8.27. The lowest BCUT2D eigenvalue weighted by atomic mass is 9.97. The Morgan fingerprint density at radius 3 is 2.57 bits per heavy atom. The van der Waals surface area contributed by atoms with Gasteiger partial charge in [-0.15, -0.1) is 0 Å². The van der Waals surface area contributed by atoms with Crippen LogP contribution in [0.2, 0.25) is 0 Å². The number of benzene rings is 1. The molecule has 4 nitrogen and oxygen atoms in total. The molecule has 4 heteroatoms. The summed E-state index contributed by atoms with van der Waals surface area (Å²) >= 11 is 0. The zero-order valence-corrected chi connectivity index (χ0v) is 14.5. The van der Waals surface area contributed by atoms with Gasteiger partial charge >= 0.3 is 0 Å². The van der Waals surface area contributed by atoms with Crippen LogP contribution in [0.4, 0.5) is 5.69 Å². The van der Waals surface area contributed by atoms with E-state index >= 15 is 0 Å². The summed E-state index contributed by atoms with van der Waals surface area (Å²) in [7, 11) is 1.65. The third-order valence-corrected chi connectivity index (χ3v) is 4.27. The number of ether oxygens (including phenoxy) is 1. The van der Waals surface area contributed by atoms with Gasteiger partial charge in [-0.3, -0.25) is 4.98 Å². The van der Waals surface area contributed by atoms with Crippen LogP contribution in [-0.4, -0.2) is 25.2 Å². The molecule has 1 saturated heterocycles. The summed E-state index contributed by atoms with van der Waals surface area (Å²) in [5.41, 5.74) is 2.48. The Balaban J connectivity index is 0.000000924. The van der Waals surface area contributed by atoms with E-state index in [9.17, 15) is 5.26 Å². The normalized spacial score (nSPS) is 14.8. The van der Waals surface area contributed by atoms with Gasteiger partial charge < -0.3 is 9.64 Å². The van der Waals surface area contributed by atoms with Gasteiger partial charge in [-0.05, 0) is 24.8 Å². The largest absolute Gasteiger partial charge is 0.494 e. The second-order valence-electron chi connectivity index (χ2n) is 5.66. The molecule has 2 aromatic rings. The van der Waals surface area contributed by atoms with Crippen LogP contribution in [0.3, 0.4) is 0 Å². The number of fused-ring (bicyclic) bond motifs is 1. The molecule has 1 aliphatic heterocycles. The van der Waals surface area contributed by atoms with E-state index in [-0.39, 0.29) is 0 Å². The Morgan fingerprint density at radius 2 is 1.96 bits per heavy atom. The minimum Gasteiger partial charge on any atom is -0.494 e. The molecule has 0 atom stereocenters. The highest BCUT2D eigenvalue weighted by Gasteiger charge is 2.21. The fraction of sp³-hybridized carbons (Fsp3) is 0.474. The SMILES string of the molecule is CC.COc1cccc2c(N3CCC(C)CC3)c(C#N)cnc12. The number of para-hydroxylation sites is 1. The highest BCUT2D eigenvalue weighted by molar-refractivity contribution is 5.97. The molecule has 0 spiro atoms. The van der Waals surface area contributed by atoms with Crippen molar-refractivity contribution in [1.82, 2.24) is 4.98 Å². The zero-order chi connectivity index (χ0) is 16.8. The lowest BCUT2D eigenvalue weighted by Gasteiger charge is -2.33. The number of aromatic nitrogens is 1. The van der Waals surface area contributed by atoms with Crippen LogP contribution >= 0.6 is 0 Å². The van der Waals surface area contributed by atoms with Gasteiger partial charge in [0, 0.05) is 24.7 Å². The first-order chi connectivity index (χ1) is 11.2. The predicted molar refractivity (Wildman–Crippen MR) is 95.0 cm³/mol. The molecule has 1 fully saturated rings. The van der Waals surface area contributed by atoms with E-state index in [0.717, 1.165) is 41.3 Å². The molecule has 1 aromatic heterocycles. The highest BCUT2D eigenvalue weighted by Crippen LogP contribution is 2.35. The number of nitrogens with zero attached hydrogens (tertiary/aromatic N) is 3. The summed E-state index contributed by atoms with van der Waals surface area (Å²) in [5, 5.41) is 10.4. The van der Waals surface area contributed by atoms with E-state index in [1.165, 1.54) is 12.8 Å². The van der Waals surface area contributed by atoms with Gasteiger partial charge in [0.05, 0.1) is 18.4 Å². The molecule has 0 N–H and O–H groups in total. The summed E-state index contributed by atoms with van der Waals surface area (Å²) in [6.07, 6.45) is 4.00. The fourth-order valence-electron chi connectivity index (χ4n) is 3.00. The Hall–Kier alpha value is -2.28. The van der Waals surface area contributed by atoms with Crippen LogP contribution < -0.4 is 9.64 Å². The lowest BCUT2D eigenvalue weighted by molar-refractivity contribution is 0.419. The van der Waals surface area contributed by atoms with Crippen molar-refractivity contribution in [3.05, 3.63) is 30.0 Å². The van der Waals surface area contributed by atoms with Gasteiger partial charge in [0.15, 0.2) is 0 Å². The fourth-order valence-corrected chi connectivity index (χ4v) is 3.00. The van der Waals surface area contributed by atoms with Crippen molar-refractivity contribution in [2.75, 3.05) is 25.1 Å². The lowest BCUT2D eigenvalue weighted by Crippen LogP contribution is -2.33. The van der Waals surface area contributed by atoms with E-state index in [2.05, 4.69) is 22.9 Å². The topological polar surface area (TPSA) is 49.1 Å². The Labute approximate surface area is 138 Å². The van der Waals surface area contributed by atoms with Gasteiger partial charge in [0.1, 0.15) is 17.3 Å². The number of hydrogen-bond donors (Lipinski definition) is 0. The van der Waals surface area contributed by atoms with Crippen LogP contribution in [0.25, 0.3) is 10.9 Å². The number of hydrogen-bond acceptors (Lipinski definition) is 4. The average Bonchev–Trinajstić information content (AvgIpc) is 2.62. The third-order valence-electron chi connectivity index (χ3n) is 4.27. The first-order valence-corrected chi connectivity index (χ1v) is 8.35. The predicted octanol–water partition coefficient (Wildman–Crippen LogP) is 4.38. The minimum atomic E-state index is 0.644. The first-order valence-electron chi connectivity index (χ1n) is 8.35. The first kappa shape index (κ1) is 17.1. The van der Waals surface area contributed by atoms with Gasteiger partial charge in [-0.25, -0.2) is 0 Å². The number of nitriles is 1. The van der Waals surface area contributed by atoms with Crippen molar-refractivity contribution in [1.29, 1.82) is 5.26 Å². The summed E-state index contributed by atoms with van der Waals surface area (Å²) in [5.74, 6) is 1.51. The van der Waals surface area contributed by atoms with Crippen LogP contribution in [0.15, 0.2) is 24.4 Å². The molecule has 23 heavy (non-hydrogen) atoms. The molecular formula is C19H25N3O. The van der Waals surface area contributed by atoms with E-state index in [1.807, 2.05) is 32.0 Å². The number of pyridine rings is 1. The molecule has 122 valence electrons. The summed E-state index contributed by atoms with van der Waals surface area (Å²) < 4.78 is 5.40. The number of anilines is 1. The van der Waals surface area contributed by atoms with Crippen molar-refractivity contribution in [2.45, 2.75) is 33.6 Å². The van der Waals surface area contributed by atoms with Crippen molar-refractivity contribution < 1.29 is 4.74 Å². The summed E-state index contributed by atoms with van der Waals surface area (Å²) in [4.78, 5) is 6.74. The number of rotatable bonds is 2. The number of piperidine rings is 1. The Kier molecular flexibility index (Phi) is 5.81. The summed E-state index contributed by atoms with van der Waals surface area (Å²) in [6, 6.07) is 8.18. The second-order valence-corrected chi connectivity index (χ2v) is 5.66. The molecule has 0 radical (unpaired) electrons.